The molecule has 0 saturated heterocycles. The number of rotatable bonds is 9. The lowest BCUT2D eigenvalue weighted by Crippen LogP contribution is -2.49. The number of benzene rings is 1. The van der Waals surface area contributed by atoms with E-state index < -0.39 is 31.0 Å². The molecule has 0 aliphatic heterocycles. The predicted molar refractivity (Wildman–Crippen MR) is 119 cm³/mol. The van der Waals surface area contributed by atoms with Gasteiger partial charge < -0.3 is 35.7 Å². The number of aromatic nitrogens is 3. The van der Waals surface area contributed by atoms with Crippen LogP contribution in [0, 0.1) is 0 Å². The van der Waals surface area contributed by atoms with Crippen LogP contribution in [0.2, 0.25) is 0 Å². The Labute approximate surface area is 187 Å². The lowest BCUT2D eigenvalue weighted by atomic mass is 10.0. The van der Waals surface area contributed by atoms with E-state index in [1.165, 1.54) is 6.33 Å². The lowest BCUT2D eigenvalue weighted by Gasteiger charge is -2.29. The van der Waals surface area contributed by atoms with E-state index in [1.54, 1.807) is 24.2 Å². The fourth-order valence-electron chi connectivity index (χ4n) is 3.00. The molecule has 4 atom stereocenters. The van der Waals surface area contributed by atoms with Gasteiger partial charge in [-0.25, -0.2) is 15.0 Å². The van der Waals surface area contributed by atoms with E-state index in [4.69, 9.17) is 5.11 Å². The van der Waals surface area contributed by atoms with Crippen LogP contribution in [0.3, 0.4) is 0 Å². The zero-order valence-corrected chi connectivity index (χ0v) is 18.3. The van der Waals surface area contributed by atoms with Crippen molar-refractivity contribution in [3.8, 4) is 0 Å². The zero-order chi connectivity index (χ0) is 22.5. The van der Waals surface area contributed by atoms with Gasteiger partial charge in [-0.3, -0.25) is 0 Å². The van der Waals surface area contributed by atoms with Crippen LogP contribution < -0.4 is 10.2 Å². The molecule has 10 nitrogen and oxygen atoms in total. The fraction of sp³-hybridized carbons (Fsp3) is 0.350. The summed E-state index contributed by atoms with van der Waals surface area (Å²) in [5.41, 5.74) is 1.46. The number of hydrogen-bond donors (Lipinski definition) is 6. The number of fused-ring (bicyclic) bond motifs is 1. The normalized spacial score (nSPS) is 15.3. The van der Waals surface area contributed by atoms with Crippen LogP contribution >= 0.6 is 15.9 Å². The number of halogens is 1. The molecule has 0 aliphatic rings. The molecule has 2 aromatic heterocycles. The van der Waals surface area contributed by atoms with Crippen LogP contribution in [0.15, 0.2) is 47.3 Å². The van der Waals surface area contributed by atoms with Gasteiger partial charge in [-0.05, 0) is 18.2 Å². The molecule has 1 aromatic carbocycles. The molecule has 0 amide bonds. The Morgan fingerprint density at radius 2 is 1.77 bits per heavy atom. The Kier molecular flexibility index (Phi) is 7.70. The summed E-state index contributed by atoms with van der Waals surface area (Å²) in [5, 5.41) is 52.2. The molecule has 0 radical (unpaired) electrons. The summed E-state index contributed by atoms with van der Waals surface area (Å²) < 4.78 is 0.926. The largest absolute Gasteiger partial charge is 0.394 e. The van der Waals surface area contributed by atoms with Gasteiger partial charge in [0, 0.05) is 36.0 Å². The molecule has 0 aliphatic carbocycles. The van der Waals surface area contributed by atoms with Crippen molar-refractivity contribution in [1.82, 2.24) is 15.0 Å². The summed E-state index contributed by atoms with van der Waals surface area (Å²) >= 11 is 3.43. The van der Waals surface area contributed by atoms with Crippen molar-refractivity contribution in [1.29, 1.82) is 0 Å². The van der Waals surface area contributed by atoms with Crippen LogP contribution in [0.25, 0.3) is 10.9 Å². The molecular formula is C20H24BrN5O5. The molecule has 0 bridgehead atoms. The van der Waals surface area contributed by atoms with E-state index in [1.807, 2.05) is 24.3 Å². The second kappa shape index (κ2) is 10.3. The molecule has 11 heteroatoms. The summed E-state index contributed by atoms with van der Waals surface area (Å²) in [4.78, 5) is 14.5. The van der Waals surface area contributed by atoms with Gasteiger partial charge in [0.1, 0.15) is 36.3 Å². The van der Waals surface area contributed by atoms with Crippen molar-refractivity contribution in [3.63, 3.8) is 0 Å². The minimum absolute atomic E-state index is 0.0802. The van der Waals surface area contributed by atoms with Gasteiger partial charge >= 0.3 is 0 Å². The van der Waals surface area contributed by atoms with Crippen molar-refractivity contribution in [2.45, 2.75) is 24.4 Å². The Morgan fingerprint density at radius 1 is 1.03 bits per heavy atom. The monoisotopic (exact) mass is 493 g/mol. The van der Waals surface area contributed by atoms with Crippen LogP contribution in [0.4, 0.5) is 17.3 Å². The number of nitrogens with zero attached hydrogens (tertiary/aromatic N) is 4. The Balaban J connectivity index is 1.76. The van der Waals surface area contributed by atoms with Crippen molar-refractivity contribution >= 4 is 44.2 Å². The molecule has 0 spiro atoms. The summed E-state index contributed by atoms with van der Waals surface area (Å²) in [5.74, 6) is 1.06. The Morgan fingerprint density at radius 3 is 2.48 bits per heavy atom. The minimum atomic E-state index is -1.68. The first-order chi connectivity index (χ1) is 14.8. The third-order valence-corrected chi connectivity index (χ3v) is 5.26. The number of aliphatic hydroxyl groups is 5. The maximum Gasteiger partial charge on any atom is 0.143 e. The van der Waals surface area contributed by atoms with E-state index in [0.717, 1.165) is 10.2 Å². The Bertz CT molecular complexity index is 1030. The molecule has 3 aromatic rings. The number of aliphatic hydroxyl groups excluding tert-OH is 5. The second-order valence-corrected chi connectivity index (χ2v) is 8.01. The summed E-state index contributed by atoms with van der Waals surface area (Å²) in [7, 11) is 1.65. The van der Waals surface area contributed by atoms with Crippen LogP contribution in [0.5, 0.6) is 0 Å². The molecular weight excluding hydrogens is 470 g/mol. The Hall–Kier alpha value is -2.41. The van der Waals surface area contributed by atoms with Gasteiger partial charge in [-0.2, -0.15) is 0 Å². The van der Waals surface area contributed by atoms with Crippen molar-refractivity contribution in [2.24, 2.45) is 0 Å². The van der Waals surface area contributed by atoms with Crippen molar-refractivity contribution < 1.29 is 25.5 Å². The van der Waals surface area contributed by atoms with Crippen LogP contribution in [-0.4, -0.2) is 85.1 Å². The average Bonchev–Trinajstić information content (AvgIpc) is 2.77. The van der Waals surface area contributed by atoms with Gasteiger partial charge in [0.2, 0.25) is 0 Å². The molecule has 3 rings (SSSR count). The van der Waals surface area contributed by atoms with E-state index in [-0.39, 0.29) is 6.54 Å². The van der Waals surface area contributed by atoms with E-state index in [0.29, 0.717) is 22.5 Å². The smallest absolute Gasteiger partial charge is 0.143 e. The SMILES string of the molecule is CN(CC(O)C(O)C(O)C(O)CO)c1cc2ncnc(Nc3cccc(Br)c3)c2cn1. The van der Waals surface area contributed by atoms with Gasteiger partial charge in [-0.15, -0.1) is 0 Å². The van der Waals surface area contributed by atoms with E-state index in [9.17, 15) is 20.4 Å². The quantitative estimate of drug-likeness (QED) is 0.246. The molecule has 2 heterocycles. The molecule has 166 valence electrons. The highest BCUT2D eigenvalue weighted by atomic mass is 79.9. The van der Waals surface area contributed by atoms with Crippen LogP contribution in [0.1, 0.15) is 0 Å². The highest BCUT2D eigenvalue weighted by molar-refractivity contribution is 9.10. The molecule has 4 unspecified atom stereocenters. The maximum absolute atomic E-state index is 10.2. The van der Waals surface area contributed by atoms with Gasteiger partial charge in [0.15, 0.2) is 0 Å². The lowest BCUT2D eigenvalue weighted by molar-refractivity contribution is -0.112. The summed E-state index contributed by atoms with van der Waals surface area (Å²) in [6, 6.07) is 9.35. The third kappa shape index (κ3) is 5.64. The first kappa shape index (κ1) is 23.3. The minimum Gasteiger partial charge on any atom is -0.394 e. The molecule has 0 fully saturated rings. The number of pyridine rings is 1. The average molecular weight is 494 g/mol. The van der Waals surface area contributed by atoms with Gasteiger partial charge in [-0.1, -0.05) is 22.0 Å². The van der Waals surface area contributed by atoms with Crippen molar-refractivity contribution in [2.75, 3.05) is 30.4 Å². The highest BCUT2D eigenvalue weighted by Crippen LogP contribution is 2.26. The standard InChI is InChI=1S/C20H24BrN5O5/c1-26(8-15(28)18(30)19(31)16(29)9-27)17-6-14-13(7-22-17)20(24-10-23-14)25-12-4-2-3-11(21)5-12/h2-7,10,15-16,18-19,27-31H,8-9H2,1H3,(H,23,24,25). The topological polar surface area (TPSA) is 155 Å². The number of hydrogen-bond acceptors (Lipinski definition) is 10. The first-order valence-electron chi connectivity index (χ1n) is 9.47. The molecule has 6 N–H and O–H groups in total. The highest BCUT2D eigenvalue weighted by Gasteiger charge is 2.30. The molecule has 31 heavy (non-hydrogen) atoms. The summed E-state index contributed by atoms with van der Waals surface area (Å²) in [6.45, 7) is -0.813. The van der Waals surface area contributed by atoms with Gasteiger partial charge in [0.25, 0.3) is 0 Å². The number of likely N-dealkylation sites (N-methyl/N-ethyl adjacent to an activating group) is 1. The summed E-state index contributed by atoms with van der Waals surface area (Å²) in [6.07, 6.45) is -3.24. The fourth-order valence-corrected chi connectivity index (χ4v) is 3.40. The third-order valence-electron chi connectivity index (χ3n) is 4.77. The van der Waals surface area contributed by atoms with E-state index in [2.05, 4.69) is 36.2 Å². The molecule has 0 saturated carbocycles. The van der Waals surface area contributed by atoms with Gasteiger partial charge in [0.05, 0.1) is 23.6 Å². The number of anilines is 3. The second-order valence-electron chi connectivity index (χ2n) is 7.10. The first-order valence-corrected chi connectivity index (χ1v) is 10.3. The van der Waals surface area contributed by atoms with Crippen molar-refractivity contribution in [3.05, 3.63) is 47.3 Å². The zero-order valence-electron chi connectivity index (χ0n) is 16.7. The predicted octanol–water partition coefficient (Wildman–Crippen LogP) is 0.403. The maximum atomic E-state index is 10.2. The number of nitrogens with one attached hydrogen (secondary N) is 1. The van der Waals surface area contributed by atoms with Crippen LogP contribution in [-0.2, 0) is 0 Å². The van der Waals surface area contributed by atoms with E-state index >= 15 is 0 Å².